The Morgan fingerprint density at radius 2 is 1.59 bits per heavy atom. The van der Waals surface area contributed by atoms with Crippen LogP contribution in [0.3, 0.4) is 0 Å². The highest BCUT2D eigenvalue weighted by molar-refractivity contribution is 6.22. The van der Waals surface area contributed by atoms with Crippen LogP contribution < -0.4 is 10.2 Å². The summed E-state index contributed by atoms with van der Waals surface area (Å²) >= 11 is 0. The predicted octanol–water partition coefficient (Wildman–Crippen LogP) is 4.47. The zero-order valence-electron chi connectivity index (χ0n) is 20.4. The second-order valence-electron chi connectivity index (χ2n) is 8.68. The molecule has 0 aliphatic carbocycles. The average molecular weight is 468 g/mol. The number of amides is 4. The zero-order chi connectivity index (χ0) is 25.4. The van der Waals surface area contributed by atoms with Crippen molar-refractivity contribution in [1.29, 1.82) is 0 Å². The van der Waals surface area contributed by atoms with Crippen molar-refractivity contribution in [2.24, 2.45) is 5.92 Å². The first kappa shape index (κ1) is 26.6. The van der Waals surface area contributed by atoms with Crippen LogP contribution in [-0.4, -0.2) is 46.4 Å². The van der Waals surface area contributed by atoms with E-state index in [1.165, 1.54) is 15.4 Å². The molecule has 182 valence electrons. The zero-order valence-corrected chi connectivity index (χ0v) is 20.4. The van der Waals surface area contributed by atoms with Gasteiger partial charge in [0.05, 0.1) is 12.1 Å². The van der Waals surface area contributed by atoms with Crippen LogP contribution in [0.5, 0.6) is 0 Å². The molecule has 4 amide bonds. The van der Waals surface area contributed by atoms with E-state index in [2.05, 4.69) is 12.2 Å². The summed E-state index contributed by atoms with van der Waals surface area (Å²) in [5, 5.41) is 10.3. The van der Waals surface area contributed by atoms with Gasteiger partial charge in [-0.15, -0.1) is 0 Å². The predicted molar refractivity (Wildman–Crippen MR) is 132 cm³/mol. The molecule has 1 fully saturated rings. The van der Waals surface area contributed by atoms with Gasteiger partial charge in [0.1, 0.15) is 6.04 Å². The molecule has 0 aromatic heterocycles. The molecule has 0 bridgehead atoms. The maximum atomic E-state index is 13.1. The standard InChI is InChI=1S/C24H29N3O3.C2H4O2/c1-5-18-8-10-19(11-9-18)25-22(28)14-21-23(29)27(20-12-6-17(4)7-13-20)24(30)26(21)15-16(2)3;1-2(3)4/h6-13,16,21H,5,14-15H2,1-4H3,(H,25,28);1H3,(H,3,4). The first-order valence-corrected chi connectivity index (χ1v) is 11.3. The number of hydrogen-bond donors (Lipinski definition) is 2. The normalized spacial score (nSPS) is 15.3. The highest BCUT2D eigenvalue weighted by Gasteiger charge is 2.46. The van der Waals surface area contributed by atoms with E-state index >= 15 is 0 Å². The van der Waals surface area contributed by atoms with Gasteiger partial charge in [0.25, 0.3) is 11.9 Å². The fraction of sp³-hybridized carbons (Fsp3) is 0.385. The number of benzene rings is 2. The number of nitrogens with zero attached hydrogens (tertiary/aromatic N) is 2. The molecule has 1 heterocycles. The molecule has 1 atom stereocenters. The maximum Gasteiger partial charge on any atom is 0.332 e. The van der Waals surface area contributed by atoms with Crippen molar-refractivity contribution in [3.8, 4) is 0 Å². The minimum absolute atomic E-state index is 0.0742. The minimum atomic E-state index is -0.833. The molecule has 0 radical (unpaired) electrons. The van der Waals surface area contributed by atoms with Gasteiger partial charge in [-0.3, -0.25) is 14.4 Å². The highest BCUT2D eigenvalue weighted by atomic mass is 16.4. The summed E-state index contributed by atoms with van der Waals surface area (Å²) in [5.41, 5.74) is 3.44. The van der Waals surface area contributed by atoms with E-state index in [1.807, 2.05) is 57.2 Å². The molecule has 0 spiro atoms. The van der Waals surface area contributed by atoms with Gasteiger partial charge in [-0.1, -0.05) is 50.6 Å². The Labute approximate surface area is 200 Å². The molecule has 0 saturated carbocycles. The van der Waals surface area contributed by atoms with E-state index in [9.17, 15) is 14.4 Å². The van der Waals surface area contributed by atoms with E-state index in [1.54, 1.807) is 12.1 Å². The van der Waals surface area contributed by atoms with Crippen molar-refractivity contribution in [1.82, 2.24) is 4.90 Å². The summed E-state index contributed by atoms with van der Waals surface area (Å²) in [4.78, 5) is 50.6. The van der Waals surface area contributed by atoms with Crippen LogP contribution in [0, 0.1) is 12.8 Å². The first-order valence-electron chi connectivity index (χ1n) is 11.3. The van der Waals surface area contributed by atoms with Gasteiger partial charge in [-0.25, -0.2) is 9.69 Å². The molecular formula is C26H33N3O5. The summed E-state index contributed by atoms with van der Waals surface area (Å²) < 4.78 is 0. The number of carboxylic acids is 1. The van der Waals surface area contributed by atoms with Crippen molar-refractivity contribution < 1.29 is 24.3 Å². The molecular weight excluding hydrogens is 434 g/mol. The maximum absolute atomic E-state index is 13.1. The van der Waals surface area contributed by atoms with E-state index in [0.717, 1.165) is 18.9 Å². The van der Waals surface area contributed by atoms with Gasteiger partial charge in [-0.05, 0) is 49.1 Å². The third-order valence-corrected chi connectivity index (χ3v) is 5.20. The Kier molecular flexibility index (Phi) is 9.36. The Balaban J connectivity index is 0.000000945. The number of nitrogens with one attached hydrogen (secondary N) is 1. The molecule has 1 aliphatic heterocycles. The topological polar surface area (TPSA) is 107 Å². The van der Waals surface area contributed by atoms with Crippen LogP contribution in [0.1, 0.15) is 45.2 Å². The van der Waals surface area contributed by atoms with Crippen LogP contribution >= 0.6 is 0 Å². The molecule has 2 aromatic carbocycles. The lowest BCUT2D eigenvalue weighted by atomic mass is 10.1. The SMILES string of the molecule is CC(=O)O.CCc1ccc(NC(=O)CC2C(=O)N(c3ccc(C)cc3)C(=O)N2CC(C)C)cc1. The van der Waals surface area contributed by atoms with E-state index in [-0.39, 0.29) is 30.2 Å². The van der Waals surface area contributed by atoms with Crippen LogP contribution in [0.2, 0.25) is 0 Å². The van der Waals surface area contributed by atoms with Crippen molar-refractivity contribution >= 4 is 35.2 Å². The Morgan fingerprint density at radius 3 is 2.09 bits per heavy atom. The Hall–Kier alpha value is -3.68. The quantitative estimate of drug-likeness (QED) is 0.584. The molecule has 1 saturated heterocycles. The van der Waals surface area contributed by atoms with Gasteiger partial charge >= 0.3 is 6.03 Å². The number of carboxylic acid groups (broad SMARTS) is 1. The summed E-state index contributed by atoms with van der Waals surface area (Å²) in [7, 11) is 0. The highest BCUT2D eigenvalue weighted by Crippen LogP contribution is 2.28. The molecule has 1 unspecified atom stereocenters. The lowest BCUT2D eigenvalue weighted by Gasteiger charge is -2.23. The van der Waals surface area contributed by atoms with Crippen LogP contribution in [0.25, 0.3) is 0 Å². The third kappa shape index (κ3) is 7.16. The molecule has 1 aliphatic rings. The molecule has 2 aromatic rings. The lowest BCUT2D eigenvalue weighted by molar-refractivity contribution is -0.134. The minimum Gasteiger partial charge on any atom is -0.481 e. The summed E-state index contributed by atoms with van der Waals surface area (Å²) in [6.45, 7) is 9.48. The van der Waals surface area contributed by atoms with E-state index in [4.69, 9.17) is 9.90 Å². The second-order valence-corrected chi connectivity index (χ2v) is 8.68. The smallest absolute Gasteiger partial charge is 0.332 e. The molecule has 8 nitrogen and oxygen atoms in total. The van der Waals surface area contributed by atoms with Gasteiger partial charge in [0.15, 0.2) is 0 Å². The first-order chi connectivity index (χ1) is 16.0. The van der Waals surface area contributed by atoms with Gasteiger partial charge < -0.3 is 15.3 Å². The number of hydrogen-bond acceptors (Lipinski definition) is 4. The summed E-state index contributed by atoms with van der Waals surface area (Å²) in [5.74, 6) is -1.31. The van der Waals surface area contributed by atoms with Crippen molar-refractivity contribution in [3.63, 3.8) is 0 Å². The van der Waals surface area contributed by atoms with Crippen LogP contribution in [-0.2, 0) is 20.8 Å². The fourth-order valence-corrected chi connectivity index (χ4v) is 3.58. The summed E-state index contributed by atoms with van der Waals surface area (Å²) in [6.07, 6.45) is 0.848. The Morgan fingerprint density at radius 1 is 1.03 bits per heavy atom. The number of aliphatic carboxylic acids is 1. The number of carbonyl (C=O) groups is 4. The second kappa shape index (κ2) is 12.0. The summed E-state index contributed by atoms with van der Waals surface area (Å²) in [6, 6.07) is 13.7. The van der Waals surface area contributed by atoms with E-state index < -0.39 is 12.0 Å². The number of urea groups is 1. The van der Waals surface area contributed by atoms with E-state index in [0.29, 0.717) is 17.9 Å². The van der Waals surface area contributed by atoms with Crippen molar-refractivity contribution in [3.05, 3.63) is 59.7 Å². The van der Waals surface area contributed by atoms with Crippen molar-refractivity contribution in [2.45, 2.75) is 53.5 Å². The Bertz CT molecular complexity index is 1010. The average Bonchev–Trinajstić information content (AvgIpc) is 2.98. The molecule has 3 rings (SSSR count). The number of aryl methyl sites for hydroxylation is 2. The van der Waals surface area contributed by atoms with Crippen LogP contribution in [0.4, 0.5) is 16.2 Å². The van der Waals surface area contributed by atoms with Gasteiger partial charge in [0, 0.05) is 19.2 Å². The monoisotopic (exact) mass is 467 g/mol. The molecule has 2 N–H and O–H groups in total. The van der Waals surface area contributed by atoms with Crippen LogP contribution in [0.15, 0.2) is 48.5 Å². The van der Waals surface area contributed by atoms with Gasteiger partial charge in [-0.2, -0.15) is 0 Å². The van der Waals surface area contributed by atoms with Crippen molar-refractivity contribution in [2.75, 3.05) is 16.8 Å². The molecule has 34 heavy (non-hydrogen) atoms. The lowest BCUT2D eigenvalue weighted by Crippen LogP contribution is -2.40. The number of anilines is 2. The molecule has 8 heteroatoms. The third-order valence-electron chi connectivity index (χ3n) is 5.20. The van der Waals surface area contributed by atoms with Gasteiger partial charge in [0.2, 0.25) is 5.91 Å². The largest absolute Gasteiger partial charge is 0.481 e. The number of imide groups is 1. The number of carbonyl (C=O) groups excluding carboxylic acids is 3. The fourth-order valence-electron chi connectivity index (χ4n) is 3.58. The number of rotatable bonds is 7.